The molecule has 0 unspecified atom stereocenters. The molecule has 0 spiro atoms. The van der Waals surface area contributed by atoms with E-state index in [2.05, 4.69) is 22.0 Å². The highest BCUT2D eigenvalue weighted by molar-refractivity contribution is 5.97. The number of para-hydroxylation sites is 4. The number of hydrogen-bond donors (Lipinski definition) is 0. The molecule has 0 fully saturated rings. The topological polar surface area (TPSA) is 34.6 Å². The van der Waals surface area contributed by atoms with Crippen LogP contribution in [0.15, 0.2) is 85.2 Å². The van der Waals surface area contributed by atoms with Crippen molar-refractivity contribution in [2.45, 2.75) is 0 Å². The summed E-state index contributed by atoms with van der Waals surface area (Å²) >= 11 is 0. The molecular weight excluding hydrogens is 336 g/mol. The molecule has 0 N–H and O–H groups in total. The van der Waals surface area contributed by atoms with Crippen molar-refractivity contribution < 1.29 is 9.47 Å². The summed E-state index contributed by atoms with van der Waals surface area (Å²) in [6.07, 6.45) is 3.62. The molecule has 4 nitrogen and oxygen atoms in total. The number of benzene rings is 3. The van der Waals surface area contributed by atoms with Crippen molar-refractivity contribution in [1.82, 2.24) is 4.98 Å². The molecule has 4 heteroatoms. The van der Waals surface area contributed by atoms with Crippen LogP contribution in [0.1, 0.15) is 0 Å². The Kier molecular flexibility index (Phi) is 2.85. The molecule has 27 heavy (non-hydrogen) atoms. The quantitative estimate of drug-likeness (QED) is 0.342. The SMILES string of the molecule is c1cncc(-c2ccc3c4c2Oc2ccccc2N4c2ccccc2O3)c1. The molecule has 3 aromatic carbocycles. The predicted molar refractivity (Wildman–Crippen MR) is 105 cm³/mol. The summed E-state index contributed by atoms with van der Waals surface area (Å²) in [4.78, 5) is 6.49. The summed E-state index contributed by atoms with van der Waals surface area (Å²) in [5.41, 5.74) is 4.93. The van der Waals surface area contributed by atoms with Gasteiger partial charge in [0.15, 0.2) is 23.0 Å². The summed E-state index contributed by atoms with van der Waals surface area (Å²) < 4.78 is 12.6. The van der Waals surface area contributed by atoms with Crippen LogP contribution in [0.25, 0.3) is 11.1 Å². The molecule has 2 aliphatic rings. The minimum atomic E-state index is 0.783. The largest absolute Gasteiger partial charge is 0.453 e. The van der Waals surface area contributed by atoms with Crippen LogP contribution in [0.4, 0.5) is 17.1 Å². The normalized spacial score (nSPS) is 13.0. The first-order valence-corrected chi connectivity index (χ1v) is 8.81. The van der Waals surface area contributed by atoms with Crippen molar-refractivity contribution in [3.8, 4) is 34.1 Å². The number of hydrogen-bond acceptors (Lipinski definition) is 4. The van der Waals surface area contributed by atoms with Crippen molar-refractivity contribution >= 4 is 17.1 Å². The number of ether oxygens (including phenoxy) is 2. The molecule has 0 radical (unpaired) electrons. The van der Waals surface area contributed by atoms with Gasteiger partial charge >= 0.3 is 0 Å². The first-order chi connectivity index (χ1) is 13.4. The maximum atomic E-state index is 6.38. The summed E-state index contributed by atoms with van der Waals surface area (Å²) in [6, 6.07) is 24.2. The second-order valence-electron chi connectivity index (χ2n) is 6.51. The molecule has 6 rings (SSSR count). The zero-order valence-electron chi connectivity index (χ0n) is 14.3. The van der Waals surface area contributed by atoms with Crippen LogP contribution in [0.3, 0.4) is 0 Å². The zero-order valence-corrected chi connectivity index (χ0v) is 14.3. The number of pyridine rings is 1. The van der Waals surface area contributed by atoms with E-state index >= 15 is 0 Å². The van der Waals surface area contributed by atoms with Crippen molar-refractivity contribution in [3.05, 3.63) is 85.2 Å². The second kappa shape index (κ2) is 5.35. The van der Waals surface area contributed by atoms with E-state index in [1.165, 1.54) is 0 Å². The van der Waals surface area contributed by atoms with Crippen molar-refractivity contribution in [3.63, 3.8) is 0 Å². The molecule has 0 bridgehead atoms. The summed E-state index contributed by atoms with van der Waals surface area (Å²) in [5, 5.41) is 0. The van der Waals surface area contributed by atoms with Crippen LogP contribution >= 0.6 is 0 Å². The van der Waals surface area contributed by atoms with E-state index in [9.17, 15) is 0 Å². The number of anilines is 3. The lowest BCUT2D eigenvalue weighted by Gasteiger charge is -2.38. The lowest BCUT2D eigenvalue weighted by Crippen LogP contribution is -2.20. The Morgan fingerprint density at radius 2 is 1.41 bits per heavy atom. The van der Waals surface area contributed by atoms with E-state index in [0.717, 1.165) is 51.2 Å². The smallest absolute Gasteiger partial charge is 0.163 e. The number of nitrogens with zero attached hydrogens (tertiary/aromatic N) is 2. The Morgan fingerprint density at radius 1 is 0.667 bits per heavy atom. The molecule has 1 aromatic heterocycles. The van der Waals surface area contributed by atoms with Gasteiger partial charge in [0, 0.05) is 23.5 Å². The van der Waals surface area contributed by atoms with Gasteiger partial charge in [-0.3, -0.25) is 9.88 Å². The lowest BCUT2D eigenvalue weighted by atomic mass is 10.0. The van der Waals surface area contributed by atoms with E-state index in [-0.39, 0.29) is 0 Å². The zero-order chi connectivity index (χ0) is 17.8. The molecule has 3 heterocycles. The molecule has 0 saturated heterocycles. The van der Waals surface area contributed by atoms with Gasteiger partial charge in [-0.05, 0) is 42.5 Å². The molecule has 0 aliphatic carbocycles. The Balaban J connectivity index is 1.68. The van der Waals surface area contributed by atoms with Gasteiger partial charge in [0.25, 0.3) is 0 Å². The third kappa shape index (κ3) is 2.01. The standard InChI is InChI=1S/C23H14N2O2/c1-3-9-19-17(7-1)25-18-8-2-4-10-20(18)27-23-16(15-6-5-13-24-14-15)11-12-21(26-19)22(23)25/h1-14H. The molecule has 2 aliphatic heterocycles. The van der Waals surface area contributed by atoms with Gasteiger partial charge in [-0.1, -0.05) is 30.3 Å². The highest BCUT2D eigenvalue weighted by atomic mass is 16.5. The lowest BCUT2D eigenvalue weighted by molar-refractivity contribution is 0.447. The van der Waals surface area contributed by atoms with Gasteiger partial charge in [0.2, 0.25) is 0 Å². The molecule has 4 aromatic rings. The van der Waals surface area contributed by atoms with Gasteiger partial charge in [0.1, 0.15) is 5.69 Å². The van der Waals surface area contributed by atoms with E-state index in [1.54, 1.807) is 6.20 Å². The number of aromatic nitrogens is 1. The van der Waals surface area contributed by atoms with E-state index in [1.807, 2.05) is 66.9 Å². The number of rotatable bonds is 1. The summed E-state index contributed by atoms with van der Waals surface area (Å²) in [5.74, 6) is 3.23. The highest BCUT2D eigenvalue weighted by Gasteiger charge is 2.35. The fourth-order valence-corrected chi connectivity index (χ4v) is 3.76. The number of fused-ring (bicyclic) bond motifs is 4. The minimum Gasteiger partial charge on any atom is -0.453 e. The summed E-state index contributed by atoms with van der Waals surface area (Å²) in [7, 11) is 0. The fraction of sp³-hybridized carbons (Fsp3) is 0. The van der Waals surface area contributed by atoms with Gasteiger partial charge in [-0.15, -0.1) is 0 Å². The van der Waals surface area contributed by atoms with E-state index in [4.69, 9.17) is 9.47 Å². The fourth-order valence-electron chi connectivity index (χ4n) is 3.76. The van der Waals surface area contributed by atoms with Crippen LogP contribution in [0.2, 0.25) is 0 Å². The van der Waals surface area contributed by atoms with Gasteiger partial charge in [-0.2, -0.15) is 0 Å². The monoisotopic (exact) mass is 350 g/mol. The Hall–Kier alpha value is -3.79. The molecule has 0 amide bonds. The maximum absolute atomic E-state index is 6.38. The van der Waals surface area contributed by atoms with Crippen LogP contribution in [0.5, 0.6) is 23.0 Å². The van der Waals surface area contributed by atoms with E-state index < -0.39 is 0 Å². The maximum Gasteiger partial charge on any atom is 0.163 e. The molecule has 0 saturated carbocycles. The average molecular weight is 350 g/mol. The van der Waals surface area contributed by atoms with Gasteiger partial charge < -0.3 is 9.47 Å². The Morgan fingerprint density at radius 3 is 2.15 bits per heavy atom. The van der Waals surface area contributed by atoms with Crippen LogP contribution in [-0.2, 0) is 0 Å². The Bertz CT molecular complexity index is 1180. The Labute approximate surface area is 156 Å². The van der Waals surface area contributed by atoms with Crippen molar-refractivity contribution in [2.24, 2.45) is 0 Å². The molecule has 0 atom stereocenters. The van der Waals surface area contributed by atoms with Gasteiger partial charge in [-0.25, -0.2) is 0 Å². The van der Waals surface area contributed by atoms with Crippen molar-refractivity contribution in [2.75, 3.05) is 4.90 Å². The predicted octanol–water partition coefficient (Wildman–Crippen LogP) is 6.43. The first kappa shape index (κ1) is 14.4. The minimum absolute atomic E-state index is 0.783. The highest BCUT2D eigenvalue weighted by Crippen LogP contribution is 2.61. The first-order valence-electron chi connectivity index (χ1n) is 8.81. The van der Waals surface area contributed by atoms with Crippen LogP contribution < -0.4 is 14.4 Å². The van der Waals surface area contributed by atoms with Crippen LogP contribution in [0, 0.1) is 0 Å². The average Bonchev–Trinajstić information content (AvgIpc) is 2.74. The van der Waals surface area contributed by atoms with Gasteiger partial charge in [0.05, 0.1) is 11.4 Å². The van der Waals surface area contributed by atoms with Crippen molar-refractivity contribution in [1.29, 1.82) is 0 Å². The third-order valence-corrected chi connectivity index (χ3v) is 4.93. The summed E-state index contributed by atoms with van der Waals surface area (Å²) in [6.45, 7) is 0. The second-order valence-corrected chi connectivity index (χ2v) is 6.51. The molecule has 128 valence electrons. The van der Waals surface area contributed by atoms with Crippen LogP contribution in [-0.4, -0.2) is 4.98 Å². The van der Waals surface area contributed by atoms with E-state index in [0.29, 0.717) is 0 Å². The molecular formula is C23H14N2O2. The third-order valence-electron chi connectivity index (χ3n) is 4.93.